The van der Waals surface area contributed by atoms with E-state index in [1.807, 2.05) is 0 Å². The van der Waals surface area contributed by atoms with E-state index < -0.39 is 6.10 Å². The van der Waals surface area contributed by atoms with E-state index in [1.165, 1.54) is 4.90 Å². The molecule has 1 N–H and O–H groups in total. The molecule has 0 aromatic heterocycles. The van der Waals surface area contributed by atoms with Crippen LogP contribution in [0, 0.1) is 0 Å². The molecule has 15 heavy (non-hydrogen) atoms. The van der Waals surface area contributed by atoms with Crippen molar-refractivity contribution in [3.05, 3.63) is 34.9 Å². The van der Waals surface area contributed by atoms with E-state index in [4.69, 9.17) is 11.6 Å². The highest BCUT2D eigenvalue weighted by atomic mass is 35.5. The molecule has 4 heteroatoms. The van der Waals surface area contributed by atoms with Crippen molar-refractivity contribution in [3.63, 3.8) is 0 Å². The summed E-state index contributed by atoms with van der Waals surface area (Å²) >= 11 is 5.72. The van der Waals surface area contributed by atoms with Crippen LogP contribution < -0.4 is 0 Å². The topological polar surface area (TPSA) is 40.5 Å². The average Bonchev–Trinajstić information content (AvgIpc) is 2.18. The Morgan fingerprint density at radius 2 is 1.93 bits per heavy atom. The van der Waals surface area contributed by atoms with E-state index in [0.29, 0.717) is 10.6 Å². The van der Waals surface area contributed by atoms with Crippen molar-refractivity contribution in [2.45, 2.75) is 12.5 Å². The molecule has 0 spiro atoms. The minimum Gasteiger partial charge on any atom is -0.388 e. The highest BCUT2D eigenvalue weighted by Gasteiger charge is 2.13. The van der Waals surface area contributed by atoms with E-state index in [-0.39, 0.29) is 12.3 Å². The Labute approximate surface area is 94.3 Å². The molecule has 0 saturated heterocycles. The molecule has 82 valence electrons. The first-order chi connectivity index (χ1) is 7.00. The fourth-order valence-electron chi connectivity index (χ4n) is 1.15. The quantitative estimate of drug-likeness (QED) is 0.856. The van der Waals surface area contributed by atoms with Crippen LogP contribution in [0.3, 0.4) is 0 Å². The Morgan fingerprint density at radius 3 is 2.40 bits per heavy atom. The van der Waals surface area contributed by atoms with Gasteiger partial charge in [0, 0.05) is 19.1 Å². The summed E-state index contributed by atoms with van der Waals surface area (Å²) in [5.41, 5.74) is 0.703. The molecule has 1 rings (SSSR count). The van der Waals surface area contributed by atoms with Crippen LogP contribution in [0.5, 0.6) is 0 Å². The van der Waals surface area contributed by atoms with Crippen molar-refractivity contribution < 1.29 is 9.90 Å². The highest BCUT2D eigenvalue weighted by molar-refractivity contribution is 6.30. The predicted molar refractivity (Wildman–Crippen MR) is 59.7 cm³/mol. The average molecular weight is 228 g/mol. The maximum atomic E-state index is 11.3. The van der Waals surface area contributed by atoms with Crippen LogP contribution in [0.4, 0.5) is 0 Å². The molecule has 0 aliphatic carbocycles. The molecule has 0 aliphatic heterocycles. The summed E-state index contributed by atoms with van der Waals surface area (Å²) in [6.07, 6.45) is -0.675. The first kappa shape index (κ1) is 12.0. The van der Waals surface area contributed by atoms with Gasteiger partial charge < -0.3 is 10.0 Å². The van der Waals surface area contributed by atoms with Gasteiger partial charge in [0.2, 0.25) is 5.91 Å². The summed E-state index contributed by atoms with van der Waals surface area (Å²) < 4.78 is 0. The number of carbonyl (C=O) groups is 1. The van der Waals surface area contributed by atoms with E-state index >= 15 is 0 Å². The van der Waals surface area contributed by atoms with Gasteiger partial charge in [0.25, 0.3) is 0 Å². The Kier molecular flexibility index (Phi) is 4.12. The van der Waals surface area contributed by atoms with Crippen LogP contribution in [-0.4, -0.2) is 30.0 Å². The van der Waals surface area contributed by atoms with Crippen molar-refractivity contribution in [2.24, 2.45) is 0 Å². The molecule has 0 radical (unpaired) electrons. The first-order valence-corrected chi connectivity index (χ1v) is 5.02. The number of hydrogen-bond acceptors (Lipinski definition) is 2. The second kappa shape index (κ2) is 5.14. The normalized spacial score (nSPS) is 12.3. The van der Waals surface area contributed by atoms with Gasteiger partial charge in [-0.1, -0.05) is 23.7 Å². The minimum absolute atomic E-state index is 0.0919. The van der Waals surface area contributed by atoms with Gasteiger partial charge in [-0.25, -0.2) is 0 Å². The Morgan fingerprint density at radius 1 is 1.40 bits per heavy atom. The summed E-state index contributed by atoms with van der Waals surface area (Å²) in [4.78, 5) is 12.8. The number of aliphatic hydroxyl groups is 1. The predicted octanol–water partition coefficient (Wildman–Crippen LogP) is 1.85. The third-order valence-corrected chi connectivity index (χ3v) is 2.37. The van der Waals surface area contributed by atoms with Crippen molar-refractivity contribution in [1.29, 1.82) is 0 Å². The SMILES string of the molecule is CN(C)C(=O)C[C@@H](O)c1ccc(Cl)cc1. The smallest absolute Gasteiger partial charge is 0.225 e. The van der Waals surface area contributed by atoms with Crippen LogP contribution in [0.15, 0.2) is 24.3 Å². The lowest BCUT2D eigenvalue weighted by molar-refractivity contribution is -0.130. The lowest BCUT2D eigenvalue weighted by Crippen LogP contribution is -2.23. The van der Waals surface area contributed by atoms with Gasteiger partial charge in [0.05, 0.1) is 12.5 Å². The third-order valence-electron chi connectivity index (χ3n) is 2.12. The standard InChI is InChI=1S/C11H14ClNO2/c1-13(2)11(15)7-10(14)8-3-5-9(12)6-4-8/h3-6,10,14H,7H2,1-2H3/t10-/m1/s1. The maximum Gasteiger partial charge on any atom is 0.225 e. The zero-order chi connectivity index (χ0) is 11.4. The summed E-state index contributed by atoms with van der Waals surface area (Å²) in [5, 5.41) is 10.4. The van der Waals surface area contributed by atoms with Gasteiger partial charge in [0.1, 0.15) is 0 Å². The Hall–Kier alpha value is -1.06. The van der Waals surface area contributed by atoms with Gasteiger partial charge in [-0.15, -0.1) is 0 Å². The molecule has 3 nitrogen and oxygen atoms in total. The number of nitrogens with zero attached hydrogens (tertiary/aromatic N) is 1. The fourth-order valence-corrected chi connectivity index (χ4v) is 1.28. The van der Waals surface area contributed by atoms with Gasteiger partial charge in [0.15, 0.2) is 0 Å². The zero-order valence-electron chi connectivity index (χ0n) is 8.77. The minimum atomic E-state index is -0.767. The number of benzene rings is 1. The summed E-state index contributed by atoms with van der Waals surface area (Å²) in [6.45, 7) is 0. The van der Waals surface area contributed by atoms with Gasteiger partial charge in [-0.2, -0.15) is 0 Å². The molecule has 1 amide bonds. The lowest BCUT2D eigenvalue weighted by atomic mass is 10.1. The van der Waals surface area contributed by atoms with Gasteiger partial charge in [-0.05, 0) is 17.7 Å². The highest BCUT2D eigenvalue weighted by Crippen LogP contribution is 2.19. The van der Waals surface area contributed by atoms with Crippen LogP contribution >= 0.6 is 11.6 Å². The van der Waals surface area contributed by atoms with Crippen LogP contribution in [-0.2, 0) is 4.79 Å². The molecular weight excluding hydrogens is 214 g/mol. The number of aliphatic hydroxyl groups excluding tert-OH is 1. The molecule has 1 aromatic rings. The number of halogens is 1. The van der Waals surface area contributed by atoms with Crippen molar-refractivity contribution in [3.8, 4) is 0 Å². The molecule has 0 bridgehead atoms. The lowest BCUT2D eigenvalue weighted by Gasteiger charge is -2.14. The molecule has 0 unspecified atom stereocenters. The van der Waals surface area contributed by atoms with Gasteiger partial charge in [-0.3, -0.25) is 4.79 Å². The molecule has 0 saturated carbocycles. The Bertz CT molecular complexity index is 335. The molecule has 1 aromatic carbocycles. The second-order valence-electron chi connectivity index (χ2n) is 3.56. The molecule has 0 heterocycles. The first-order valence-electron chi connectivity index (χ1n) is 4.64. The number of amides is 1. The van der Waals surface area contributed by atoms with Crippen molar-refractivity contribution >= 4 is 17.5 Å². The largest absolute Gasteiger partial charge is 0.388 e. The van der Waals surface area contributed by atoms with Crippen molar-refractivity contribution in [2.75, 3.05) is 14.1 Å². The van der Waals surface area contributed by atoms with Crippen LogP contribution in [0.1, 0.15) is 18.1 Å². The van der Waals surface area contributed by atoms with Crippen LogP contribution in [0.25, 0.3) is 0 Å². The van der Waals surface area contributed by atoms with Gasteiger partial charge >= 0.3 is 0 Å². The summed E-state index contributed by atoms with van der Waals surface area (Å²) in [7, 11) is 3.33. The Balaban J connectivity index is 2.65. The molecular formula is C11H14ClNO2. The monoisotopic (exact) mass is 227 g/mol. The zero-order valence-corrected chi connectivity index (χ0v) is 9.53. The molecule has 0 fully saturated rings. The molecule has 1 atom stereocenters. The summed E-state index contributed by atoms with van der Waals surface area (Å²) in [6, 6.07) is 6.83. The van der Waals surface area contributed by atoms with E-state index in [1.54, 1.807) is 38.4 Å². The van der Waals surface area contributed by atoms with Crippen LogP contribution in [0.2, 0.25) is 5.02 Å². The second-order valence-corrected chi connectivity index (χ2v) is 4.00. The third kappa shape index (κ3) is 3.53. The van der Waals surface area contributed by atoms with E-state index in [9.17, 15) is 9.90 Å². The number of carbonyl (C=O) groups excluding carboxylic acids is 1. The van der Waals surface area contributed by atoms with E-state index in [2.05, 4.69) is 0 Å². The molecule has 0 aliphatic rings. The number of rotatable bonds is 3. The number of hydrogen-bond donors (Lipinski definition) is 1. The summed E-state index contributed by atoms with van der Waals surface area (Å²) in [5.74, 6) is -0.0996. The van der Waals surface area contributed by atoms with Crippen molar-refractivity contribution in [1.82, 2.24) is 4.90 Å². The fraction of sp³-hybridized carbons (Fsp3) is 0.364. The van der Waals surface area contributed by atoms with E-state index in [0.717, 1.165) is 0 Å². The maximum absolute atomic E-state index is 11.3.